The van der Waals surface area contributed by atoms with Gasteiger partial charge < -0.3 is 4.74 Å². The first kappa shape index (κ1) is 18.1. The number of aliphatic imine (C=N–C) groups is 1. The molecule has 0 saturated carbocycles. The Kier molecular flexibility index (Phi) is 4.55. The van der Waals surface area contributed by atoms with Crippen LogP contribution in [0.1, 0.15) is 32.5 Å². The minimum Gasteiger partial charge on any atom is -0.464 e. The number of amides is 3. The van der Waals surface area contributed by atoms with Crippen LogP contribution in [-0.4, -0.2) is 58.3 Å². The first-order valence-electron chi connectivity index (χ1n) is 8.70. The van der Waals surface area contributed by atoms with Crippen LogP contribution < -0.4 is 4.57 Å². The smallest absolute Gasteiger partial charge is 0.402 e. The van der Waals surface area contributed by atoms with Gasteiger partial charge in [-0.2, -0.15) is 0 Å². The number of ether oxygens (including phenoxy) is 1. The summed E-state index contributed by atoms with van der Waals surface area (Å²) in [4.78, 5) is 44.6. The van der Waals surface area contributed by atoms with E-state index < -0.39 is 6.04 Å². The molecule has 0 aromatic carbocycles. The molecule has 0 bridgehead atoms. The van der Waals surface area contributed by atoms with E-state index in [1.807, 2.05) is 20.8 Å². The maximum atomic E-state index is 13.0. The summed E-state index contributed by atoms with van der Waals surface area (Å²) in [6, 6.07) is -1.06. The van der Waals surface area contributed by atoms with Gasteiger partial charge in [0.05, 0.1) is 6.61 Å². The Balaban J connectivity index is 2.00. The van der Waals surface area contributed by atoms with E-state index >= 15 is 0 Å². The summed E-state index contributed by atoms with van der Waals surface area (Å²) in [5.74, 6) is 0.345. The molecule has 0 N–H and O–H groups in total. The fourth-order valence-corrected chi connectivity index (χ4v) is 3.30. The SMILES string of the molecule is CCOC(=O)Cn1c(C)c[n+]2c1N=C1C2C(=O)N(CC(C)C)C(=O)N1C. The average molecular weight is 362 g/mol. The summed E-state index contributed by atoms with van der Waals surface area (Å²) in [7, 11) is 1.61. The molecule has 0 spiro atoms. The molecular weight excluding hydrogens is 338 g/mol. The summed E-state index contributed by atoms with van der Waals surface area (Å²) in [5, 5.41) is 0. The van der Waals surface area contributed by atoms with Crippen LogP contribution in [0, 0.1) is 12.8 Å². The topological polar surface area (TPSA) is 88.1 Å². The number of rotatable bonds is 5. The second-order valence-electron chi connectivity index (χ2n) is 6.93. The van der Waals surface area contributed by atoms with Crippen LogP contribution in [0.25, 0.3) is 0 Å². The number of imide groups is 1. The lowest BCUT2D eigenvalue weighted by Gasteiger charge is -2.33. The minimum atomic E-state index is -0.686. The number of amidine groups is 1. The van der Waals surface area contributed by atoms with Crippen molar-refractivity contribution in [2.45, 2.75) is 40.3 Å². The Bertz CT molecular complexity index is 810. The van der Waals surface area contributed by atoms with Crippen molar-refractivity contribution in [3.05, 3.63) is 11.9 Å². The zero-order valence-corrected chi connectivity index (χ0v) is 15.7. The molecule has 2 aliphatic heterocycles. The van der Waals surface area contributed by atoms with E-state index in [-0.39, 0.29) is 30.4 Å². The van der Waals surface area contributed by atoms with Crippen molar-refractivity contribution in [2.75, 3.05) is 20.2 Å². The van der Waals surface area contributed by atoms with Crippen molar-refractivity contribution < 1.29 is 23.7 Å². The third kappa shape index (κ3) is 2.77. The van der Waals surface area contributed by atoms with Gasteiger partial charge in [0.1, 0.15) is 11.9 Å². The van der Waals surface area contributed by atoms with Gasteiger partial charge in [0.25, 0.3) is 5.91 Å². The highest BCUT2D eigenvalue weighted by molar-refractivity contribution is 6.19. The van der Waals surface area contributed by atoms with E-state index in [9.17, 15) is 14.4 Å². The van der Waals surface area contributed by atoms with Gasteiger partial charge in [0, 0.05) is 13.6 Å². The number of hydrogen-bond donors (Lipinski definition) is 0. The molecule has 1 unspecified atom stereocenters. The molecule has 3 heterocycles. The molecule has 9 nitrogen and oxygen atoms in total. The lowest BCUT2D eigenvalue weighted by Crippen LogP contribution is -2.63. The van der Waals surface area contributed by atoms with Gasteiger partial charge in [-0.25, -0.2) is 18.7 Å². The quantitative estimate of drug-likeness (QED) is 0.572. The average Bonchev–Trinajstić information content (AvgIpc) is 3.06. The molecule has 1 atom stereocenters. The highest BCUT2D eigenvalue weighted by atomic mass is 16.5. The van der Waals surface area contributed by atoms with Crippen molar-refractivity contribution in [3.8, 4) is 0 Å². The van der Waals surface area contributed by atoms with Gasteiger partial charge in [-0.05, 0) is 19.8 Å². The zero-order chi connectivity index (χ0) is 19.2. The Morgan fingerprint density at radius 1 is 1.38 bits per heavy atom. The molecule has 3 rings (SSSR count). The summed E-state index contributed by atoms with van der Waals surface area (Å²) in [6.45, 7) is 8.15. The minimum absolute atomic E-state index is 0.00701. The van der Waals surface area contributed by atoms with E-state index in [0.29, 0.717) is 24.9 Å². The number of aryl methyl sites for hydroxylation is 1. The van der Waals surface area contributed by atoms with E-state index in [1.165, 1.54) is 9.80 Å². The van der Waals surface area contributed by atoms with Crippen LogP contribution in [0.3, 0.4) is 0 Å². The summed E-state index contributed by atoms with van der Waals surface area (Å²) in [5.41, 5.74) is 0.790. The molecule has 1 saturated heterocycles. The second kappa shape index (κ2) is 6.54. The monoisotopic (exact) mass is 362 g/mol. The van der Waals surface area contributed by atoms with E-state index in [2.05, 4.69) is 4.99 Å². The van der Waals surface area contributed by atoms with Gasteiger partial charge in [0.15, 0.2) is 6.54 Å². The third-order valence-corrected chi connectivity index (χ3v) is 4.46. The van der Waals surface area contributed by atoms with Crippen molar-refractivity contribution in [1.82, 2.24) is 14.4 Å². The van der Waals surface area contributed by atoms with Crippen molar-refractivity contribution in [1.29, 1.82) is 0 Å². The molecule has 140 valence electrons. The van der Waals surface area contributed by atoms with Crippen LogP contribution in [0.5, 0.6) is 0 Å². The Labute approximate surface area is 151 Å². The van der Waals surface area contributed by atoms with Crippen LogP contribution in [-0.2, 0) is 20.9 Å². The van der Waals surface area contributed by atoms with Crippen molar-refractivity contribution >= 4 is 29.7 Å². The lowest BCUT2D eigenvalue weighted by atomic mass is 10.1. The van der Waals surface area contributed by atoms with Crippen LogP contribution >= 0.6 is 0 Å². The number of nitrogens with zero attached hydrogens (tertiary/aromatic N) is 5. The van der Waals surface area contributed by atoms with Crippen molar-refractivity contribution in [3.63, 3.8) is 0 Å². The fraction of sp³-hybridized carbons (Fsp3) is 0.588. The number of likely N-dealkylation sites (N-methyl/N-ethyl adjacent to an activating group) is 1. The predicted octanol–water partition coefficient (Wildman–Crippen LogP) is 0.782. The maximum Gasteiger partial charge on any atom is 0.402 e. The summed E-state index contributed by atoms with van der Waals surface area (Å²) < 4.78 is 8.43. The van der Waals surface area contributed by atoms with Gasteiger partial charge in [-0.15, -0.1) is 0 Å². The standard InChI is InChI=1S/C17H24N5O4/c1-6-26-12(23)9-20-11(4)8-21-13-14(18-16(20)21)19(5)17(25)22(15(13)24)7-10(2)3/h8,10,13H,6-7,9H2,1-5H3/q+1. The third-order valence-electron chi connectivity index (χ3n) is 4.46. The van der Waals surface area contributed by atoms with Gasteiger partial charge in [-0.3, -0.25) is 14.6 Å². The number of carbonyl (C=O) groups is 3. The molecule has 0 radical (unpaired) electrons. The largest absolute Gasteiger partial charge is 0.464 e. The second-order valence-corrected chi connectivity index (χ2v) is 6.93. The van der Waals surface area contributed by atoms with Gasteiger partial charge in [0.2, 0.25) is 11.9 Å². The Morgan fingerprint density at radius 2 is 2.08 bits per heavy atom. The summed E-state index contributed by atoms with van der Waals surface area (Å²) >= 11 is 0. The van der Waals surface area contributed by atoms with Crippen LogP contribution in [0.4, 0.5) is 10.7 Å². The molecule has 9 heteroatoms. The first-order valence-corrected chi connectivity index (χ1v) is 8.70. The molecule has 2 aliphatic rings. The zero-order valence-electron chi connectivity index (χ0n) is 15.7. The lowest BCUT2D eigenvalue weighted by molar-refractivity contribution is -0.677. The predicted molar refractivity (Wildman–Crippen MR) is 91.8 cm³/mol. The number of hydrogen-bond acceptors (Lipinski definition) is 5. The number of imidazole rings is 1. The van der Waals surface area contributed by atoms with Gasteiger partial charge >= 0.3 is 17.9 Å². The molecule has 26 heavy (non-hydrogen) atoms. The molecular formula is C17H24N5O4+. The highest BCUT2D eigenvalue weighted by Crippen LogP contribution is 2.29. The Hall–Kier alpha value is -2.71. The number of fused-ring (bicyclic) bond motifs is 3. The molecule has 3 amide bonds. The molecule has 1 aromatic heterocycles. The number of carbonyl (C=O) groups excluding carboxylic acids is 3. The highest BCUT2D eigenvalue weighted by Gasteiger charge is 2.53. The van der Waals surface area contributed by atoms with Gasteiger partial charge in [-0.1, -0.05) is 18.8 Å². The number of esters is 1. The van der Waals surface area contributed by atoms with E-state index in [1.54, 1.807) is 29.3 Å². The van der Waals surface area contributed by atoms with Crippen LogP contribution in [0.2, 0.25) is 0 Å². The van der Waals surface area contributed by atoms with E-state index in [0.717, 1.165) is 5.69 Å². The number of urea groups is 1. The molecule has 0 aliphatic carbocycles. The maximum absolute atomic E-state index is 13.0. The van der Waals surface area contributed by atoms with Crippen LogP contribution in [0.15, 0.2) is 11.2 Å². The molecule has 1 aromatic rings. The fourth-order valence-electron chi connectivity index (χ4n) is 3.30. The van der Waals surface area contributed by atoms with Crippen molar-refractivity contribution in [2.24, 2.45) is 10.9 Å². The Morgan fingerprint density at radius 3 is 2.69 bits per heavy atom. The molecule has 1 fully saturated rings. The summed E-state index contributed by atoms with van der Waals surface area (Å²) in [6.07, 6.45) is 1.78. The first-order chi connectivity index (χ1) is 12.3. The van der Waals surface area contributed by atoms with E-state index in [4.69, 9.17) is 4.74 Å². The number of aromatic nitrogens is 2. The normalized spacial score (nSPS) is 19.0.